The summed E-state index contributed by atoms with van der Waals surface area (Å²) in [6.45, 7) is 13.8. The van der Waals surface area contributed by atoms with Crippen LogP contribution in [0.5, 0.6) is 0 Å². The zero-order chi connectivity index (χ0) is 35.6. The lowest BCUT2D eigenvalue weighted by atomic mass is 9.84. The van der Waals surface area contributed by atoms with Crippen molar-refractivity contribution >= 4 is 11.9 Å². The average molecular weight is 671 g/mol. The van der Waals surface area contributed by atoms with Crippen molar-refractivity contribution in [1.82, 2.24) is 0 Å². The van der Waals surface area contributed by atoms with E-state index in [9.17, 15) is 19.8 Å². The molecule has 0 aromatic heterocycles. The molecule has 0 fully saturated rings. The van der Waals surface area contributed by atoms with Crippen molar-refractivity contribution in [3.8, 4) is 0 Å². The van der Waals surface area contributed by atoms with E-state index in [1.54, 1.807) is 6.07 Å². The first kappa shape index (κ1) is 44.2. The van der Waals surface area contributed by atoms with Crippen LogP contribution in [0.4, 0.5) is 0 Å². The maximum Gasteiger partial charge on any atom is 0.336 e. The standard InChI is InChI=1S/C44H78O4/c1-35(2)28-22-16-10-7-13-19-25-31-38-34-41(43(45)46)42(44(47)48)40(33-27-21-15-9-12-18-24-30-37(5)6)39(38)32-26-20-14-8-11-17-23-29-36(3)4/h34-37H,7-33H2,1-6H3,(H,45,46)(H,47,48). The third-order valence-corrected chi connectivity index (χ3v) is 10.2. The van der Waals surface area contributed by atoms with Gasteiger partial charge in [0.05, 0.1) is 11.1 Å². The lowest BCUT2D eigenvalue weighted by Gasteiger charge is -2.20. The summed E-state index contributed by atoms with van der Waals surface area (Å²) in [5.41, 5.74) is 3.14. The number of carboxylic acids is 2. The van der Waals surface area contributed by atoms with Crippen molar-refractivity contribution in [2.45, 2.75) is 215 Å². The monoisotopic (exact) mass is 671 g/mol. The molecule has 48 heavy (non-hydrogen) atoms. The van der Waals surface area contributed by atoms with Gasteiger partial charge >= 0.3 is 11.9 Å². The first-order valence-electron chi connectivity index (χ1n) is 20.7. The Morgan fingerprint density at radius 1 is 0.438 bits per heavy atom. The molecule has 0 saturated heterocycles. The predicted molar refractivity (Wildman–Crippen MR) is 207 cm³/mol. The second-order valence-corrected chi connectivity index (χ2v) is 16.2. The van der Waals surface area contributed by atoms with Crippen LogP contribution in [-0.4, -0.2) is 22.2 Å². The van der Waals surface area contributed by atoms with Gasteiger partial charge in [-0.05, 0) is 79.0 Å². The van der Waals surface area contributed by atoms with E-state index in [-0.39, 0.29) is 11.1 Å². The summed E-state index contributed by atoms with van der Waals surface area (Å²) in [5.74, 6) is 0.158. The minimum absolute atomic E-state index is 0.00653. The van der Waals surface area contributed by atoms with Gasteiger partial charge in [-0.2, -0.15) is 0 Å². The molecule has 0 radical (unpaired) electrons. The summed E-state index contributed by atoms with van der Waals surface area (Å²) >= 11 is 0. The highest BCUT2D eigenvalue weighted by molar-refractivity contribution is 6.03. The summed E-state index contributed by atoms with van der Waals surface area (Å²) in [5, 5.41) is 20.5. The number of aryl methyl sites for hydroxylation is 1. The molecule has 0 aliphatic carbocycles. The molecule has 0 amide bonds. The molecule has 0 unspecified atom stereocenters. The molecule has 0 heterocycles. The van der Waals surface area contributed by atoms with Gasteiger partial charge in [0.15, 0.2) is 0 Å². The predicted octanol–water partition coefficient (Wildman–Crippen LogP) is 14.0. The molecular weight excluding hydrogens is 592 g/mol. The zero-order valence-electron chi connectivity index (χ0n) is 32.6. The molecule has 1 aromatic carbocycles. The van der Waals surface area contributed by atoms with Crippen LogP contribution >= 0.6 is 0 Å². The fraction of sp³-hybridized carbons (Fsp3) is 0.818. The smallest absolute Gasteiger partial charge is 0.336 e. The first-order chi connectivity index (χ1) is 23.0. The molecule has 0 aliphatic rings. The van der Waals surface area contributed by atoms with Crippen molar-refractivity contribution in [2.75, 3.05) is 0 Å². The minimum atomic E-state index is -1.11. The second kappa shape index (κ2) is 27.9. The van der Waals surface area contributed by atoms with Crippen LogP contribution in [0.1, 0.15) is 233 Å². The zero-order valence-corrected chi connectivity index (χ0v) is 32.6. The Labute approximate surface area is 297 Å². The van der Waals surface area contributed by atoms with Crippen molar-refractivity contribution in [3.63, 3.8) is 0 Å². The van der Waals surface area contributed by atoms with E-state index in [1.165, 1.54) is 116 Å². The maximum atomic E-state index is 12.6. The first-order valence-corrected chi connectivity index (χ1v) is 20.7. The third kappa shape index (κ3) is 21.3. The molecule has 0 spiro atoms. The quantitative estimate of drug-likeness (QED) is 0.0748. The largest absolute Gasteiger partial charge is 0.478 e. The molecule has 0 atom stereocenters. The van der Waals surface area contributed by atoms with E-state index < -0.39 is 11.9 Å². The highest BCUT2D eigenvalue weighted by Gasteiger charge is 2.25. The Hall–Kier alpha value is -1.84. The van der Waals surface area contributed by atoms with Crippen molar-refractivity contribution in [2.24, 2.45) is 17.8 Å². The topological polar surface area (TPSA) is 74.6 Å². The summed E-state index contributed by atoms with van der Waals surface area (Å²) in [6, 6.07) is 1.74. The van der Waals surface area contributed by atoms with Crippen LogP contribution in [0.25, 0.3) is 0 Å². The normalized spacial score (nSPS) is 11.8. The van der Waals surface area contributed by atoms with Crippen molar-refractivity contribution < 1.29 is 19.8 Å². The third-order valence-electron chi connectivity index (χ3n) is 10.2. The molecule has 4 nitrogen and oxygen atoms in total. The molecule has 278 valence electrons. The van der Waals surface area contributed by atoms with E-state index in [0.29, 0.717) is 6.42 Å². The number of unbranched alkanes of at least 4 members (excludes halogenated alkanes) is 18. The lowest BCUT2D eigenvalue weighted by Crippen LogP contribution is -2.16. The Morgan fingerprint density at radius 2 is 0.750 bits per heavy atom. The fourth-order valence-corrected chi connectivity index (χ4v) is 7.29. The number of hydrogen-bond acceptors (Lipinski definition) is 2. The highest BCUT2D eigenvalue weighted by atomic mass is 16.4. The minimum Gasteiger partial charge on any atom is -0.478 e. The van der Waals surface area contributed by atoms with Gasteiger partial charge in [0, 0.05) is 0 Å². The van der Waals surface area contributed by atoms with E-state index in [4.69, 9.17) is 0 Å². The summed E-state index contributed by atoms with van der Waals surface area (Å²) in [4.78, 5) is 25.0. The average Bonchev–Trinajstić information content (AvgIpc) is 3.01. The number of benzene rings is 1. The van der Waals surface area contributed by atoms with Crippen LogP contribution in [0.3, 0.4) is 0 Å². The van der Waals surface area contributed by atoms with E-state index in [2.05, 4.69) is 41.5 Å². The Balaban J connectivity index is 2.93. The van der Waals surface area contributed by atoms with Gasteiger partial charge in [-0.25, -0.2) is 9.59 Å². The number of rotatable bonds is 32. The molecule has 4 heteroatoms. The maximum absolute atomic E-state index is 12.6. The van der Waals surface area contributed by atoms with Crippen molar-refractivity contribution in [3.05, 3.63) is 33.9 Å². The summed E-state index contributed by atoms with van der Waals surface area (Å²) < 4.78 is 0. The van der Waals surface area contributed by atoms with Crippen LogP contribution in [0.2, 0.25) is 0 Å². The Bertz CT molecular complexity index is 977. The molecule has 1 rings (SSSR count). The Kier molecular flexibility index (Phi) is 25.7. The van der Waals surface area contributed by atoms with E-state index in [0.717, 1.165) is 85.8 Å². The van der Waals surface area contributed by atoms with Gasteiger partial charge in [-0.1, -0.05) is 176 Å². The molecule has 0 saturated carbocycles. The SMILES string of the molecule is CC(C)CCCCCCCCCc1cc(C(=O)O)c(C(=O)O)c(CCCCCCCCCC(C)C)c1CCCCCCCCCC(C)C. The summed E-state index contributed by atoms with van der Waals surface area (Å²) in [6.07, 6.45) is 31.9. The van der Waals surface area contributed by atoms with Crippen molar-refractivity contribution in [1.29, 1.82) is 0 Å². The molecule has 0 bridgehead atoms. The summed E-state index contributed by atoms with van der Waals surface area (Å²) in [7, 11) is 0. The van der Waals surface area contributed by atoms with Gasteiger partial charge < -0.3 is 10.2 Å². The number of carboxylic acid groups (broad SMARTS) is 2. The number of carbonyl (C=O) groups is 2. The molecular formula is C44H78O4. The van der Waals surface area contributed by atoms with E-state index >= 15 is 0 Å². The lowest BCUT2D eigenvalue weighted by molar-refractivity contribution is 0.0650. The fourth-order valence-electron chi connectivity index (χ4n) is 7.29. The van der Waals surface area contributed by atoms with Crippen LogP contribution < -0.4 is 0 Å². The van der Waals surface area contributed by atoms with E-state index in [1.807, 2.05) is 0 Å². The van der Waals surface area contributed by atoms with Crippen LogP contribution in [-0.2, 0) is 19.3 Å². The van der Waals surface area contributed by atoms with Crippen LogP contribution in [0, 0.1) is 17.8 Å². The van der Waals surface area contributed by atoms with Gasteiger partial charge in [0.25, 0.3) is 0 Å². The molecule has 1 aromatic rings. The number of hydrogen-bond donors (Lipinski definition) is 2. The van der Waals surface area contributed by atoms with Gasteiger partial charge in [-0.3, -0.25) is 0 Å². The van der Waals surface area contributed by atoms with Gasteiger partial charge in [0.1, 0.15) is 0 Å². The van der Waals surface area contributed by atoms with Gasteiger partial charge in [0.2, 0.25) is 0 Å². The second-order valence-electron chi connectivity index (χ2n) is 16.2. The highest BCUT2D eigenvalue weighted by Crippen LogP contribution is 2.30. The molecule has 2 N–H and O–H groups in total. The number of aromatic carboxylic acids is 2. The van der Waals surface area contributed by atoms with Gasteiger partial charge in [-0.15, -0.1) is 0 Å². The molecule has 0 aliphatic heterocycles. The van der Waals surface area contributed by atoms with Crippen LogP contribution in [0.15, 0.2) is 6.07 Å². The Morgan fingerprint density at radius 3 is 1.08 bits per heavy atom.